The number of allylic oxidation sites excluding steroid dienone is 4. The molecule has 0 saturated heterocycles. The molecule has 2 aliphatic carbocycles. The van der Waals surface area contributed by atoms with Crippen LogP contribution >= 0.6 is 0 Å². The van der Waals surface area contributed by atoms with E-state index in [1.807, 2.05) is 0 Å². The third-order valence-corrected chi connectivity index (χ3v) is 3.86. The molecule has 19 heteroatoms. The van der Waals surface area contributed by atoms with Gasteiger partial charge in [-0.3, -0.25) is 0 Å². The molecule has 180 valence electrons. The molecule has 0 aromatic rings. The highest BCUT2D eigenvalue weighted by Crippen LogP contribution is 2.69. The van der Waals surface area contributed by atoms with Crippen LogP contribution in [0.3, 0.4) is 0 Å². The van der Waals surface area contributed by atoms with E-state index in [2.05, 4.69) is 4.74 Å². The third-order valence-electron chi connectivity index (χ3n) is 3.86. The van der Waals surface area contributed by atoms with Crippen LogP contribution in [-0.2, 0) is 4.74 Å². The maximum atomic E-state index is 13.4. The van der Waals surface area contributed by atoms with Crippen molar-refractivity contribution in [2.45, 2.75) is 47.9 Å². The summed E-state index contributed by atoms with van der Waals surface area (Å²) in [5.41, 5.74) is -7.66. The van der Waals surface area contributed by atoms with E-state index in [0.717, 1.165) is 0 Å². The second-order valence-electron chi connectivity index (χ2n) is 5.95. The zero-order valence-corrected chi connectivity index (χ0v) is 13.2. The SMILES string of the molecule is FC(F)(F)C(F)(F)C(OC(=C1C(F)(F)C1(F)F)C(F)(F)C(F)(F)F)=C1C(F)(F)C1(F)F. The van der Waals surface area contributed by atoms with Gasteiger partial charge in [-0.2, -0.15) is 79.0 Å². The van der Waals surface area contributed by atoms with Crippen LogP contribution in [0.1, 0.15) is 0 Å². The summed E-state index contributed by atoms with van der Waals surface area (Å²) >= 11 is 0. The van der Waals surface area contributed by atoms with Crippen LogP contribution < -0.4 is 0 Å². The van der Waals surface area contributed by atoms with Gasteiger partial charge in [0.2, 0.25) is 0 Å². The Morgan fingerprint density at radius 1 is 0.452 bits per heavy atom. The first-order valence-electron chi connectivity index (χ1n) is 6.81. The highest BCUT2D eigenvalue weighted by Gasteiger charge is 2.88. The minimum absolute atomic E-state index is 2.52. The molecular formula is C12F18O. The molecule has 0 N–H and O–H groups in total. The summed E-state index contributed by atoms with van der Waals surface area (Å²) in [6.07, 6.45) is -14.6. The molecule has 0 radical (unpaired) electrons. The van der Waals surface area contributed by atoms with E-state index in [9.17, 15) is 79.0 Å². The fraction of sp³-hybridized carbons (Fsp3) is 0.667. The molecule has 31 heavy (non-hydrogen) atoms. The first-order chi connectivity index (χ1) is 13.2. The lowest BCUT2D eigenvalue weighted by atomic mass is 10.2. The van der Waals surface area contributed by atoms with Crippen molar-refractivity contribution in [3.05, 3.63) is 22.7 Å². The summed E-state index contributed by atoms with van der Waals surface area (Å²) in [6.45, 7) is 0. The Morgan fingerprint density at radius 3 is 0.774 bits per heavy atom. The zero-order valence-electron chi connectivity index (χ0n) is 13.2. The van der Waals surface area contributed by atoms with Gasteiger partial charge >= 0.3 is 47.9 Å². The first kappa shape index (κ1) is 25.3. The fourth-order valence-electron chi connectivity index (χ4n) is 2.06. The summed E-state index contributed by atoms with van der Waals surface area (Å²) in [5.74, 6) is -47.5. The van der Waals surface area contributed by atoms with Crippen molar-refractivity contribution in [3.63, 3.8) is 0 Å². The topological polar surface area (TPSA) is 9.23 Å². The van der Waals surface area contributed by atoms with Crippen LogP contribution in [0.15, 0.2) is 22.7 Å². The maximum absolute atomic E-state index is 13.4. The van der Waals surface area contributed by atoms with Crippen LogP contribution in [0.25, 0.3) is 0 Å². The van der Waals surface area contributed by atoms with E-state index in [1.54, 1.807) is 0 Å². The Balaban J connectivity index is 2.87. The summed E-state index contributed by atoms with van der Waals surface area (Å²) in [4.78, 5) is 0. The Kier molecular flexibility index (Phi) is 4.79. The van der Waals surface area contributed by atoms with Gasteiger partial charge in [0.25, 0.3) is 0 Å². The zero-order chi connectivity index (χ0) is 25.0. The summed E-state index contributed by atoms with van der Waals surface area (Å²) < 4.78 is 234. The van der Waals surface area contributed by atoms with Crippen molar-refractivity contribution >= 4 is 0 Å². The smallest absolute Gasteiger partial charge is 0.452 e. The molecule has 0 aromatic heterocycles. The standard InChI is InChI=1S/C12F18O/c13-5(14)1(6(5,15)16)3(9(21,22)11(25,26)27)31-4(10(23,24)12(28,29)30)2-7(17,18)8(2,19)20. The molecule has 0 unspecified atom stereocenters. The predicted octanol–water partition coefficient (Wildman–Crippen LogP) is 6.47. The van der Waals surface area contributed by atoms with Crippen molar-refractivity contribution < 1.29 is 83.8 Å². The van der Waals surface area contributed by atoms with Crippen LogP contribution in [0, 0.1) is 0 Å². The molecule has 2 saturated carbocycles. The van der Waals surface area contributed by atoms with E-state index in [4.69, 9.17) is 0 Å². The molecule has 0 spiro atoms. The molecule has 2 fully saturated rings. The molecule has 2 aliphatic rings. The van der Waals surface area contributed by atoms with E-state index in [0.29, 0.717) is 0 Å². The lowest BCUT2D eigenvalue weighted by Gasteiger charge is -2.27. The lowest BCUT2D eigenvalue weighted by Crippen LogP contribution is -2.43. The van der Waals surface area contributed by atoms with Crippen molar-refractivity contribution in [2.75, 3.05) is 0 Å². The van der Waals surface area contributed by atoms with Gasteiger partial charge in [0.1, 0.15) is 11.1 Å². The molecule has 0 aromatic carbocycles. The fourth-order valence-corrected chi connectivity index (χ4v) is 2.06. The van der Waals surface area contributed by atoms with Gasteiger partial charge < -0.3 is 4.74 Å². The lowest BCUT2D eigenvalue weighted by molar-refractivity contribution is -0.290. The average Bonchev–Trinajstić information content (AvgIpc) is 3.08. The number of halogens is 18. The van der Waals surface area contributed by atoms with E-state index in [1.165, 1.54) is 0 Å². The van der Waals surface area contributed by atoms with Crippen LogP contribution in [0.4, 0.5) is 79.0 Å². The number of hydrogen-bond donors (Lipinski definition) is 0. The monoisotopic (exact) mass is 502 g/mol. The molecule has 2 rings (SSSR count). The highest BCUT2D eigenvalue weighted by atomic mass is 19.4. The predicted molar refractivity (Wildman–Crippen MR) is 56.9 cm³/mol. The molecule has 0 heterocycles. The average molecular weight is 502 g/mol. The van der Waals surface area contributed by atoms with Crippen LogP contribution in [0.2, 0.25) is 0 Å². The van der Waals surface area contributed by atoms with E-state index < -0.39 is 70.6 Å². The number of hydrogen-bond acceptors (Lipinski definition) is 1. The Hall–Kier alpha value is -1.98. The first-order valence-corrected chi connectivity index (χ1v) is 6.81. The van der Waals surface area contributed by atoms with Gasteiger partial charge in [-0.05, 0) is 0 Å². The minimum Gasteiger partial charge on any atom is -0.452 e. The maximum Gasteiger partial charge on any atom is 0.461 e. The third kappa shape index (κ3) is 3.12. The molecule has 0 atom stereocenters. The molecular weight excluding hydrogens is 502 g/mol. The van der Waals surface area contributed by atoms with Gasteiger partial charge in [0.05, 0.1) is 0 Å². The van der Waals surface area contributed by atoms with Crippen molar-refractivity contribution in [1.29, 1.82) is 0 Å². The number of ether oxygens (including phenoxy) is 1. The van der Waals surface area contributed by atoms with Crippen molar-refractivity contribution in [3.8, 4) is 0 Å². The van der Waals surface area contributed by atoms with Gasteiger partial charge in [0.15, 0.2) is 11.5 Å². The normalized spacial score (nSPS) is 24.1. The molecule has 1 nitrogen and oxygen atoms in total. The Morgan fingerprint density at radius 2 is 0.645 bits per heavy atom. The van der Waals surface area contributed by atoms with Gasteiger partial charge in [0, 0.05) is 0 Å². The second kappa shape index (κ2) is 5.87. The van der Waals surface area contributed by atoms with E-state index >= 15 is 0 Å². The van der Waals surface area contributed by atoms with Gasteiger partial charge in [-0.15, -0.1) is 0 Å². The molecule has 0 bridgehead atoms. The van der Waals surface area contributed by atoms with Crippen molar-refractivity contribution in [2.24, 2.45) is 0 Å². The van der Waals surface area contributed by atoms with Crippen molar-refractivity contribution in [1.82, 2.24) is 0 Å². The quantitative estimate of drug-likeness (QED) is 0.316. The second-order valence-corrected chi connectivity index (χ2v) is 5.95. The van der Waals surface area contributed by atoms with Crippen LogP contribution in [-0.4, -0.2) is 47.9 Å². The van der Waals surface area contributed by atoms with Crippen LogP contribution in [0.5, 0.6) is 0 Å². The number of rotatable bonds is 4. The Bertz CT molecular complexity index is 748. The van der Waals surface area contributed by atoms with Gasteiger partial charge in [-0.25, -0.2) is 0 Å². The minimum atomic E-state index is -7.32. The van der Waals surface area contributed by atoms with E-state index in [-0.39, 0.29) is 0 Å². The summed E-state index contributed by atoms with van der Waals surface area (Å²) in [7, 11) is 0. The largest absolute Gasteiger partial charge is 0.461 e. The summed E-state index contributed by atoms with van der Waals surface area (Å²) in [5, 5.41) is 0. The molecule has 0 aliphatic heterocycles. The van der Waals surface area contributed by atoms with Gasteiger partial charge in [-0.1, -0.05) is 0 Å². The number of alkyl halides is 18. The Labute approximate surface area is 155 Å². The molecule has 0 amide bonds. The highest BCUT2D eigenvalue weighted by molar-refractivity contribution is 5.53. The summed E-state index contributed by atoms with van der Waals surface area (Å²) in [6, 6.07) is 0.